The summed E-state index contributed by atoms with van der Waals surface area (Å²) in [4.78, 5) is 19.2. The summed E-state index contributed by atoms with van der Waals surface area (Å²) in [6, 6.07) is 0. The third kappa shape index (κ3) is 5.91. The number of nitrogens with two attached hydrogens (primary N) is 2. The van der Waals surface area contributed by atoms with Gasteiger partial charge in [-0.1, -0.05) is 10.3 Å². The quantitative estimate of drug-likeness (QED) is 0.178. The number of unbranched alkanes of at least 4 members (excludes halogenated alkanes) is 1. The van der Waals surface area contributed by atoms with Crippen LogP contribution in [0.4, 0.5) is 5.13 Å². The maximum absolute atomic E-state index is 11.0. The third-order valence-corrected chi connectivity index (χ3v) is 3.06. The van der Waals surface area contributed by atoms with Crippen molar-refractivity contribution in [2.24, 2.45) is 26.9 Å². The molecule has 9 heteroatoms. The number of rotatable bonds is 6. The van der Waals surface area contributed by atoms with Crippen LogP contribution >= 0.6 is 11.3 Å². The first kappa shape index (κ1) is 15.0. The van der Waals surface area contributed by atoms with E-state index >= 15 is 0 Å². The first-order valence-corrected chi connectivity index (χ1v) is 6.63. The second-order valence-corrected chi connectivity index (χ2v) is 4.52. The number of thiazole rings is 1. The molecule has 0 aromatic carbocycles. The normalized spacial score (nSPS) is 11.9. The van der Waals surface area contributed by atoms with Gasteiger partial charge >= 0.3 is 0 Å². The SMILES string of the molecule is CNC(=O)CCCCc1csc(N=C(N)N=NN)n1. The molecular weight excluding hydrogens is 266 g/mol. The molecule has 0 saturated heterocycles. The van der Waals surface area contributed by atoms with Crippen LogP contribution in [0.15, 0.2) is 20.7 Å². The Hall–Kier alpha value is -2.03. The van der Waals surface area contributed by atoms with Crippen LogP contribution < -0.4 is 16.9 Å². The highest BCUT2D eigenvalue weighted by Gasteiger charge is 2.03. The number of guanidine groups is 1. The average Bonchev–Trinajstić information content (AvgIpc) is 2.82. The summed E-state index contributed by atoms with van der Waals surface area (Å²) in [5, 5.41) is 11.4. The van der Waals surface area contributed by atoms with Gasteiger partial charge in [0.15, 0.2) is 0 Å². The van der Waals surface area contributed by atoms with E-state index in [1.807, 2.05) is 5.38 Å². The highest BCUT2D eigenvalue weighted by atomic mass is 32.1. The second kappa shape index (κ2) is 8.14. The van der Waals surface area contributed by atoms with Gasteiger partial charge in [-0.2, -0.15) is 4.99 Å². The number of hydrogen-bond donors (Lipinski definition) is 3. The van der Waals surface area contributed by atoms with Gasteiger partial charge in [0, 0.05) is 18.8 Å². The Morgan fingerprint density at radius 2 is 2.32 bits per heavy atom. The molecule has 8 nitrogen and oxygen atoms in total. The molecule has 104 valence electrons. The van der Waals surface area contributed by atoms with E-state index in [0.29, 0.717) is 11.6 Å². The number of aromatic nitrogens is 1. The molecule has 0 radical (unpaired) electrons. The monoisotopic (exact) mass is 283 g/mol. The standard InChI is InChI=1S/C10H17N7OS/c1-13-8(18)5-3-2-4-7-6-19-10(14-7)15-9(11)16-17-12/h6H,2-5H2,1H3,(H,13,18)(H4,11,12,14,15,16). The molecule has 1 rings (SSSR count). The van der Waals surface area contributed by atoms with Crippen LogP contribution in [0.25, 0.3) is 0 Å². The predicted octanol–water partition coefficient (Wildman–Crippen LogP) is 0.874. The van der Waals surface area contributed by atoms with Crippen LogP contribution in [-0.2, 0) is 11.2 Å². The van der Waals surface area contributed by atoms with Crippen LogP contribution in [0.1, 0.15) is 25.0 Å². The lowest BCUT2D eigenvalue weighted by Gasteiger charge is -1.98. The molecule has 0 fully saturated rings. The van der Waals surface area contributed by atoms with Crippen molar-refractivity contribution in [1.29, 1.82) is 0 Å². The van der Waals surface area contributed by atoms with Crippen molar-refractivity contribution in [2.75, 3.05) is 7.05 Å². The number of aliphatic imine (C=N–C) groups is 1. The topological polar surface area (TPSA) is 131 Å². The molecule has 0 atom stereocenters. The molecule has 19 heavy (non-hydrogen) atoms. The predicted molar refractivity (Wildman–Crippen MR) is 74.1 cm³/mol. The Bertz CT molecular complexity index is 468. The van der Waals surface area contributed by atoms with Crippen LogP contribution in [-0.4, -0.2) is 23.9 Å². The van der Waals surface area contributed by atoms with E-state index in [9.17, 15) is 4.79 Å². The molecule has 0 aliphatic carbocycles. The molecule has 1 heterocycles. The van der Waals surface area contributed by atoms with Gasteiger partial charge in [-0.3, -0.25) is 4.79 Å². The van der Waals surface area contributed by atoms with Crippen LogP contribution in [0, 0.1) is 0 Å². The number of nitrogens with zero attached hydrogens (tertiary/aromatic N) is 4. The number of carbonyl (C=O) groups excluding carboxylic acids is 1. The van der Waals surface area contributed by atoms with E-state index in [1.54, 1.807) is 7.05 Å². The summed E-state index contributed by atoms with van der Waals surface area (Å²) >= 11 is 1.37. The summed E-state index contributed by atoms with van der Waals surface area (Å²) in [5.41, 5.74) is 6.36. The van der Waals surface area contributed by atoms with Gasteiger partial charge in [0.1, 0.15) is 0 Å². The van der Waals surface area contributed by atoms with Gasteiger partial charge in [0.2, 0.25) is 17.0 Å². The summed E-state index contributed by atoms with van der Waals surface area (Å²) in [6.07, 6.45) is 3.08. The number of aryl methyl sites for hydroxylation is 1. The van der Waals surface area contributed by atoms with Gasteiger partial charge in [-0.25, -0.2) is 4.98 Å². The smallest absolute Gasteiger partial charge is 0.244 e. The van der Waals surface area contributed by atoms with Crippen molar-refractivity contribution >= 4 is 28.3 Å². The Morgan fingerprint density at radius 1 is 1.53 bits per heavy atom. The van der Waals surface area contributed by atoms with E-state index in [1.165, 1.54) is 11.3 Å². The summed E-state index contributed by atoms with van der Waals surface area (Å²) < 4.78 is 0. The summed E-state index contributed by atoms with van der Waals surface area (Å²) in [5.74, 6) is 4.89. The fraction of sp³-hybridized carbons (Fsp3) is 0.500. The van der Waals surface area contributed by atoms with Crippen molar-refractivity contribution in [1.82, 2.24) is 10.3 Å². The van der Waals surface area contributed by atoms with Crippen LogP contribution in [0.2, 0.25) is 0 Å². The van der Waals surface area contributed by atoms with Gasteiger partial charge < -0.3 is 16.9 Å². The number of nitrogens with one attached hydrogen (secondary N) is 1. The molecule has 5 N–H and O–H groups in total. The molecule has 1 amide bonds. The Labute approximate surface area is 115 Å². The molecule has 1 aromatic rings. The first-order valence-electron chi connectivity index (χ1n) is 5.75. The Kier molecular flexibility index (Phi) is 6.44. The Morgan fingerprint density at radius 3 is 3.00 bits per heavy atom. The van der Waals surface area contributed by atoms with Crippen molar-refractivity contribution in [3.8, 4) is 0 Å². The number of amides is 1. The van der Waals surface area contributed by atoms with Gasteiger partial charge in [-0.15, -0.1) is 11.3 Å². The lowest BCUT2D eigenvalue weighted by molar-refractivity contribution is -0.120. The molecule has 0 bridgehead atoms. The van der Waals surface area contributed by atoms with Crippen LogP contribution in [0.3, 0.4) is 0 Å². The molecule has 0 aliphatic heterocycles. The number of carbonyl (C=O) groups is 1. The fourth-order valence-corrected chi connectivity index (χ4v) is 2.09. The third-order valence-electron chi connectivity index (χ3n) is 2.28. The molecule has 0 spiro atoms. The lowest BCUT2D eigenvalue weighted by Crippen LogP contribution is -2.16. The molecule has 0 saturated carbocycles. The van der Waals surface area contributed by atoms with E-state index < -0.39 is 0 Å². The van der Waals surface area contributed by atoms with Crippen molar-refractivity contribution in [2.45, 2.75) is 25.7 Å². The molecule has 0 unspecified atom stereocenters. The van der Waals surface area contributed by atoms with E-state index in [-0.39, 0.29) is 11.9 Å². The number of hydrogen-bond acceptors (Lipinski definition) is 5. The Balaban J connectivity index is 2.39. The maximum atomic E-state index is 11.0. The van der Waals surface area contributed by atoms with Gasteiger partial charge in [0.25, 0.3) is 0 Å². The minimum atomic E-state index is -0.0250. The molecule has 0 aliphatic rings. The average molecular weight is 283 g/mol. The van der Waals surface area contributed by atoms with E-state index in [4.69, 9.17) is 11.6 Å². The van der Waals surface area contributed by atoms with E-state index in [0.717, 1.165) is 25.0 Å². The lowest BCUT2D eigenvalue weighted by atomic mass is 10.1. The zero-order chi connectivity index (χ0) is 14.1. The highest BCUT2D eigenvalue weighted by Crippen LogP contribution is 2.20. The van der Waals surface area contributed by atoms with Crippen molar-refractivity contribution < 1.29 is 4.79 Å². The zero-order valence-electron chi connectivity index (χ0n) is 10.7. The van der Waals surface area contributed by atoms with E-state index in [2.05, 4.69) is 25.6 Å². The molecule has 1 aromatic heterocycles. The minimum absolute atomic E-state index is 0.0250. The second-order valence-electron chi connectivity index (χ2n) is 3.69. The van der Waals surface area contributed by atoms with Crippen molar-refractivity contribution in [3.63, 3.8) is 0 Å². The van der Waals surface area contributed by atoms with Crippen LogP contribution in [0.5, 0.6) is 0 Å². The largest absolute Gasteiger partial charge is 0.366 e. The fourth-order valence-electron chi connectivity index (χ4n) is 1.36. The van der Waals surface area contributed by atoms with Gasteiger partial charge in [-0.05, 0) is 19.3 Å². The van der Waals surface area contributed by atoms with Crippen molar-refractivity contribution in [3.05, 3.63) is 11.1 Å². The maximum Gasteiger partial charge on any atom is 0.244 e. The summed E-state index contributed by atoms with van der Waals surface area (Å²) in [7, 11) is 1.64. The summed E-state index contributed by atoms with van der Waals surface area (Å²) in [6.45, 7) is 0. The minimum Gasteiger partial charge on any atom is -0.366 e. The highest BCUT2D eigenvalue weighted by molar-refractivity contribution is 7.13. The molecular formula is C10H17N7OS. The van der Waals surface area contributed by atoms with Gasteiger partial charge in [0.05, 0.1) is 5.69 Å². The zero-order valence-corrected chi connectivity index (χ0v) is 11.5. The first-order chi connectivity index (χ1) is 9.15.